The molecular formula is C17H21Cl3N4O2. The zero-order chi connectivity index (χ0) is 17.8. The zero-order valence-electron chi connectivity index (χ0n) is 14.3. The van der Waals surface area contributed by atoms with Crippen LogP contribution >= 0.6 is 35.6 Å². The van der Waals surface area contributed by atoms with Gasteiger partial charge >= 0.3 is 0 Å². The molecule has 0 saturated carbocycles. The van der Waals surface area contributed by atoms with Gasteiger partial charge in [-0.1, -0.05) is 23.2 Å². The molecule has 1 aliphatic rings. The Morgan fingerprint density at radius 2 is 2.19 bits per heavy atom. The number of rotatable bonds is 5. The molecule has 0 bridgehead atoms. The van der Waals surface area contributed by atoms with Crippen LogP contribution in [0.4, 0.5) is 0 Å². The van der Waals surface area contributed by atoms with Crippen molar-refractivity contribution >= 4 is 41.5 Å². The SMILES string of the molecule is Cl.Cn1ccnc1C1CNCCN1C(=O)CCOc1ccc(Cl)c(Cl)c1. The van der Waals surface area contributed by atoms with Crippen LogP contribution in [0, 0.1) is 0 Å². The van der Waals surface area contributed by atoms with E-state index in [0.717, 1.165) is 12.4 Å². The minimum Gasteiger partial charge on any atom is -0.493 e. The van der Waals surface area contributed by atoms with Crippen LogP contribution in [0.25, 0.3) is 0 Å². The summed E-state index contributed by atoms with van der Waals surface area (Å²) in [6.45, 7) is 2.42. The van der Waals surface area contributed by atoms with Gasteiger partial charge in [-0.25, -0.2) is 4.98 Å². The summed E-state index contributed by atoms with van der Waals surface area (Å²) >= 11 is 11.8. The molecule has 1 atom stereocenters. The third kappa shape index (κ3) is 4.82. The Labute approximate surface area is 168 Å². The number of imidazole rings is 1. The molecule has 1 aromatic heterocycles. The molecule has 3 rings (SSSR count). The second-order valence-corrected chi connectivity index (χ2v) is 6.69. The molecule has 1 unspecified atom stereocenters. The van der Waals surface area contributed by atoms with Crippen molar-refractivity contribution in [3.8, 4) is 5.75 Å². The maximum absolute atomic E-state index is 12.7. The summed E-state index contributed by atoms with van der Waals surface area (Å²) in [5.74, 6) is 1.53. The number of ether oxygens (including phenoxy) is 1. The van der Waals surface area contributed by atoms with Crippen molar-refractivity contribution < 1.29 is 9.53 Å². The van der Waals surface area contributed by atoms with Crippen LogP contribution in [0.15, 0.2) is 30.6 Å². The number of nitrogens with zero attached hydrogens (tertiary/aromatic N) is 3. The second kappa shape index (κ2) is 9.46. The van der Waals surface area contributed by atoms with Crippen molar-refractivity contribution in [1.29, 1.82) is 0 Å². The van der Waals surface area contributed by atoms with Crippen molar-refractivity contribution in [2.24, 2.45) is 7.05 Å². The summed E-state index contributed by atoms with van der Waals surface area (Å²) in [7, 11) is 1.94. The Kier molecular flexibility index (Phi) is 7.58. The minimum atomic E-state index is -0.0637. The summed E-state index contributed by atoms with van der Waals surface area (Å²) in [6, 6.07) is 5.00. The van der Waals surface area contributed by atoms with Crippen LogP contribution in [-0.4, -0.2) is 46.6 Å². The fourth-order valence-electron chi connectivity index (χ4n) is 2.90. The van der Waals surface area contributed by atoms with E-state index in [1.165, 1.54) is 0 Å². The molecule has 9 heteroatoms. The van der Waals surface area contributed by atoms with Gasteiger partial charge in [-0.3, -0.25) is 4.79 Å². The highest BCUT2D eigenvalue weighted by atomic mass is 35.5. The zero-order valence-corrected chi connectivity index (χ0v) is 16.7. The van der Waals surface area contributed by atoms with Crippen molar-refractivity contribution in [2.45, 2.75) is 12.5 Å². The quantitative estimate of drug-likeness (QED) is 0.809. The molecule has 1 aromatic carbocycles. The molecule has 0 aliphatic carbocycles. The molecule has 2 aromatic rings. The number of hydrogen-bond donors (Lipinski definition) is 1. The Bertz CT molecular complexity index is 753. The molecule has 1 fully saturated rings. The Morgan fingerprint density at radius 1 is 1.38 bits per heavy atom. The molecule has 1 amide bonds. The number of carbonyl (C=O) groups excluding carboxylic acids is 1. The van der Waals surface area contributed by atoms with Crippen molar-refractivity contribution in [1.82, 2.24) is 19.8 Å². The monoisotopic (exact) mass is 418 g/mol. The summed E-state index contributed by atoms with van der Waals surface area (Å²) in [4.78, 5) is 18.9. The molecule has 1 N–H and O–H groups in total. The number of benzene rings is 1. The largest absolute Gasteiger partial charge is 0.493 e. The first-order valence-electron chi connectivity index (χ1n) is 8.11. The number of halogens is 3. The van der Waals surface area contributed by atoms with Crippen molar-refractivity contribution in [2.75, 3.05) is 26.2 Å². The first-order valence-corrected chi connectivity index (χ1v) is 8.87. The third-order valence-electron chi connectivity index (χ3n) is 4.20. The van der Waals surface area contributed by atoms with Gasteiger partial charge in [0, 0.05) is 45.1 Å². The molecule has 1 aliphatic heterocycles. The average molecular weight is 420 g/mol. The van der Waals surface area contributed by atoms with Gasteiger partial charge in [0.25, 0.3) is 0 Å². The van der Waals surface area contributed by atoms with Gasteiger partial charge in [0.05, 0.1) is 23.1 Å². The van der Waals surface area contributed by atoms with Gasteiger partial charge in [0.1, 0.15) is 17.6 Å². The molecule has 0 spiro atoms. The molecule has 1 saturated heterocycles. The van der Waals surface area contributed by atoms with Crippen LogP contribution in [0.2, 0.25) is 10.0 Å². The van der Waals surface area contributed by atoms with E-state index in [1.807, 2.05) is 22.7 Å². The molecule has 2 heterocycles. The number of aromatic nitrogens is 2. The number of hydrogen-bond acceptors (Lipinski definition) is 4. The highest BCUT2D eigenvalue weighted by Gasteiger charge is 2.30. The van der Waals surface area contributed by atoms with Crippen LogP contribution in [0.1, 0.15) is 18.3 Å². The van der Waals surface area contributed by atoms with Gasteiger partial charge in [0.15, 0.2) is 0 Å². The number of aryl methyl sites for hydroxylation is 1. The van der Waals surface area contributed by atoms with E-state index in [2.05, 4.69) is 10.3 Å². The molecule has 26 heavy (non-hydrogen) atoms. The lowest BCUT2D eigenvalue weighted by atomic mass is 10.1. The maximum atomic E-state index is 12.7. The standard InChI is InChI=1S/C17H20Cl2N4O2.ClH/c1-22-7-6-21-17(22)15-11-20-5-8-23(15)16(24)4-9-25-12-2-3-13(18)14(19)10-12;/h2-3,6-7,10,15,20H,4-5,8-9,11H2,1H3;1H. The van der Waals surface area contributed by atoms with Crippen LogP contribution < -0.4 is 10.1 Å². The van der Waals surface area contributed by atoms with Gasteiger partial charge in [0.2, 0.25) is 5.91 Å². The van der Waals surface area contributed by atoms with Crippen LogP contribution in [0.5, 0.6) is 5.75 Å². The van der Waals surface area contributed by atoms with Crippen molar-refractivity contribution in [3.63, 3.8) is 0 Å². The predicted octanol–water partition coefficient (Wildman–Crippen LogP) is 3.09. The highest BCUT2D eigenvalue weighted by Crippen LogP contribution is 2.26. The maximum Gasteiger partial charge on any atom is 0.226 e. The van der Waals surface area contributed by atoms with E-state index in [9.17, 15) is 4.79 Å². The number of amides is 1. The van der Waals surface area contributed by atoms with E-state index < -0.39 is 0 Å². The number of nitrogens with one attached hydrogen (secondary N) is 1. The topological polar surface area (TPSA) is 59.4 Å². The smallest absolute Gasteiger partial charge is 0.226 e. The van der Waals surface area contributed by atoms with Gasteiger partial charge in [-0.05, 0) is 12.1 Å². The van der Waals surface area contributed by atoms with Gasteiger partial charge in [-0.2, -0.15) is 0 Å². The van der Waals surface area contributed by atoms with E-state index in [-0.39, 0.29) is 31.0 Å². The minimum absolute atomic E-state index is 0. The first kappa shape index (κ1) is 20.8. The summed E-state index contributed by atoms with van der Waals surface area (Å²) in [6.07, 6.45) is 3.93. The fraction of sp³-hybridized carbons (Fsp3) is 0.412. The first-order chi connectivity index (χ1) is 12.1. The predicted molar refractivity (Wildman–Crippen MR) is 104 cm³/mol. The lowest BCUT2D eigenvalue weighted by Gasteiger charge is -2.35. The molecule has 142 valence electrons. The Balaban J connectivity index is 0.00000243. The summed E-state index contributed by atoms with van der Waals surface area (Å²) in [5.41, 5.74) is 0. The van der Waals surface area contributed by atoms with Crippen molar-refractivity contribution in [3.05, 3.63) is 46.5 Å². The van der Waals surface area contributed by atoms with Crippen LogP contribution in [0.3, 0.4) is 0 Å². The van der Waals surface area contributed by atoms with E-state index >= 15 is 0 Å². The highest BCUT2D eigenvalue weighted by molar-refractivity contribution is 6.42. The second-order valence-electron chi connectivity index (χ2n) is 5.88. The summed E-state index contributed by atoms with van der Waals surface area (Å²) < 4.78 is 7.57. The van der Waals surface area contributed by atoms with Crippen LogP contribution in [-0.2, 0) is 11.8 Å². The Hall–Kier alpha value is -1.47. The number of carbonyl (C=O) groups is 1. The molecular weight excluding hydrogens is 399 g/mol. The fourth-order valence-corrected chi connectivity index (χ4v) is 3.19. The lowest BCUT2D eigenvalue weighted by molar-refractivity contribution is -0.135. The Morgan fingerprint density at radius 3 is 2.88 bits per heavy atom. The van der Waals surface area contributed by atoms with E-state index in [0.29, 0.717) is 35.3 Å². The molecule has 6 nitrogen and oxygen atoms in total. The average Bonchev–Trinajstić information content (AvgIpc) is 3.04. The van der Waals surface area contributed by atoms with E-state index in [1.54, 1.807) is 24.4 Å². The lowest BCUT2D eigenvalue weighted by Crippen LogP contribution is -2.49. The number of piperazine rings is 1. The van der Waals surface area contributed by atoms with E-state index in [4.69, 9.17) is 27.9 Å². The van der Waals surface area contributed by atoms with Gasteiger partial charge < -0.3 is 19.5 Å². The normalized spacial score (nSPS) is 16.9. The third-order valence-corrected chi connectivity index (χ3v) is 4.93. The summed E-state index contributed by atoms with van der Waals surface area (Å²) in [5, 5.41) is 4.23. The molecule has 0 radical (unpaired) electrons. The van der Waals surface area contributed by atoms with Gasteiger partial charge in [-0.15, -0.1) is 12.4 Å².